The maximum atomic E-state index is 5.19. The molecule has 282 valence electrons. The first-order valence-corrected chi connectivity index (χ1v) is 20.1. The first kappa shape index (κ1) is 35.5. The van der Waals surface area contributed by atoms with Crippen molar-refractivity contribution in [2.24, 2.45) is 15.9 Å². The molecule has 5 atom stereocenters. The number of allylic oxidation sites excluding steroid dienone is 3. The smallest absolute Gasteiger partial charge is 0.131 e. The van der Waals surface area contributed by atoms with E-state index in [2.05, 4.69) is 209 Å². The molecular weight excluding hydrogens is 709 g/mol. The van der Waals surface area contributed by atoms with Crippen molar-refractivity contribution in [3.05, 3.63) is 228 Å². The Bertz CT molecular complexity index is 2650. The number of amidine groups is 2. The normalized spacial score (nSPS) is 21.4. The van der Waals surface area contributed by atoms with Crippen LogP contribution in [-0.2, 0) is 0 Å². The third kappa shape index (κ3) is 7.51. The molecule has 3 aliphatic rings. The molecule has 6 heteroatoms. The lowest BCUT2D eigenvalue weighted by Gasteiger charge is -2.35. The van der Waals surface area contributed by atoms with Crippen LogP contribution in [-0.4, -0.2) is 17.8 Å². The summed E-state index contributed by atoms with van der Waals surface area (Å²) in [6, 6.07) is 62.5. The van der Waals surface area contributed by atoms with Crippen molar-refractivity contribution < 1.29 is 0 Å². The summed E-state index contributed by atoms with van der Waals surface area (Å²) in [6.07, 6.45) is 9.39. The Morgan fingerprint density at radius 2 is 0.931 bits per heavy atom. The minimum Gasteiger partial charge on any atom is -0.350 e. The van der Waals surface area contributed by atoms with Gasteiger partial charge in [-0.2, -0.15) is 0 Å². The zero-order valence-electron chi connectivity index (χ0n) is 32.0. The standard InChI is InChI=1S/C52H44N6/c1-5-13-38(14-6-1)47-53-48(39-15-7-2-8-16-39)56-51(55-47)42-27-21-35(22-28-42)44-31-25-37-26-32-45(34-46(37)33-44)36-23-29-43(30-24-36)52-57-49(40-17-9-3-10-18-40)54-50(58-52)41-19-11-4-12-20-41/h1-19,21-34,41,47,49-51,54-55H,20H2,(H,53,56)(H,57,58). The van der Waals surface area contributed by atoms with E-state index >= 15 is 0 Å². The van der Waals surface area contributed by atoms with Crippen molar-refractivity contribution in [3.63, 3.8) is 0 Å². The molecule has 5 unspecified atom stereocenters. The molecule has 7 aromatic rings. The highest BCUT2D eigenvalue weighted by molar-refractivity contribution is 6.00. The summed E-state index contributed by atoms with van der Waals surface area (Å²) in [5.41, 5.74) is 10.3. The van der Waals surface area contributed by atoms with Gasteiger partial charge in [-0.1, -0.05) is 188 Å². The van der Waals surface area contributed by atoms with Gasteiger partial charge in [0.25, 0.3) is 0 Å². The fraction of sp³-hybridized carbons (Fsp3) is 0.115. The number of nitrogens with zero attached hydrogens (tertiary/aromatic N) is 2. The van der Waals surface area contributed by atoms with Gasteiger partial charge >= 0.3 is 0 Å². The molecule has 0 bridgehead atoms. The highest BCUT2D eigenvalue weighted by atomic mass is 15.3. The summed E-state index contributed by atoms with van der Waals surface area (Å²) in [5.74, 6) is 2.10. The Balaban J connectivity index is 0.893. The van der Waals surface area contributed by atoms with Gasteiger partial charge in [0, 0.05) is 17.0 Å². The molecule has 0 amide bonds. The first-order valence-electron chi connectivity index (χ1n) is 20.1. The number of rotatable bonds is 8. The van der Waals surface area contributed by atoms with Gasteiger partial charge in [0.05, 0.1) is 0 Å². The summed E-state index contributed by atoms with van der Waals surface area (Å²) < 4.78 is 0. The van der Waals surface area contributed by atoms with Crippen molar-refractivity contribution in [1.82, 2.24) is 21.3 Å². The van der Waals surface area contributed by atoms with Gasteiger partial charge in [-0.15, -0.1) is 0 Å². The maximum absolute atomic E-state index is 5.19. The summed E-state index contributed by atoms with van der Waals surface area (Å²) in [7, 11) is 0. The molecule has 0 saturated carbocycles. The summed E-state index contributed by atoms with van der Waals surface area (Å²) in [4.78, 5) is 10.3. The fourth-order valence-electron chi connectivity index (χ4n) is 8.17. The fourth-order valence-corrected chi connectivity index (χ4v) is 8.17. The van der Waals surface area contributed by atoms with Crippen LogP contribution < -0.4 is 21.3 Å². The summed E-state index contributed by atoms with van der Waals surface area (Å²) in [5, 5.41) is 17.2. The van der Waals surface area contributed by atoms with Crippen LogP contribution in [0.1, 0.15) is 52.7 Å². The second kappa shape index (κ2) is 15.9. The van der Waals surface area contributed by atoms with E-state index in [-0.39, 0.29) is 24.7 Å². The molecule has 0 aromatic heterocycles. The Labute approximate surface area is 339 Å². The quantitative estimate of drug-likeness (QED) is 0.125. The van der Waals surface area contributed by atoms with Crippen LogP contribution in [0.3, 0.4) is 0 Å². The molecule has 0 spiro atoms. The van der Waals surface area contributed by atoms with E-state index in [1.165, 1.54) is 44.2 Å². The zero-order chi connectivity index (χ0) is 38.7. The first-order chi connectivity index (χ1) is 28.7. The third-order valence-electron chi connectivity index (χ3n) is 11.4. The highest BCUT2D eigenvalue weighted by Gasteiger charge is 2.29. The van der Waals surface area contributed by atoms with Crippen molar-refractivity contribution in [2.75, 3.05) is 0 Å². The van der Waals surface area contributed by atoms with Crippen molar-refractivity contribution >= 4 is 22.4 Å². The summed E-state index contributed by atoms with van der Waals surface area (Å²) in [6.45, 7) is 0. The monoisotopic (exact) mass is 752 g/mol. The molecule has 7 aromatic carbocycles. The van der Waals surface area contributed by atoms with Gasteiger partial charge in [-0.25, -0.2) is 9.98 Å². The Morgan fingerprint density at radius 1 is 0.414 bits per heavy atom. The molecule has 0 saturated heterocycles. The van der Waals surface area contributed by atoms with Crippen LogP contribution in [0.2, 0.25) is 0 Å². The SMILES string of the molecule is C1=CCC(C2N=C(c3ccc(-c4ccc5ccc(-c6ccc(C7N=C(c8ccccc8)NC(c8ccccc8)N7)cc6)cc5c4)cc3)NC(c3ccccc3)N2)C=C1. The van der Waals surface area contributed by atoms with Crippen molar-refractivity contribution in [2.45, 2.75) is 31.1 Å². The second-order valence-corrected chi connectivity index (χ2v) is 15.2. The predicted octanol–water partition coefficient (Wildman–Crippen LogP) is 10.6. The molecule has 0 fully saturated rings. The van der Waals surface area contributed by atoms with E-state index in [1.54, 1.807) is 0 Å². The predicted molar refractivity (Wildman–Crippen MR) is 238 cm³/mol. The van der Waals surface area contributed by atoms with Crippen LogP contribution in [0, 0.1) is 5.92 Å². The van der Waals surface area contributed by atoms with Crippen LogP contribution in [0.15, 0.2) is 210 Å². The molecule has 6 nitrogen and oxygen atoms in total. The molecule has 0 radical (unpaired) electrons. The summed E-state index contributed by atoms with van der Waals surface area (Å²) >= 11 is 0. The minimum absolute atomic E-state index is 0.0255. The molecule has 2 heterocycles. The van der Waals surface area contributed by atoms with E-state index in [9.17, 15) is 0 Å². The average molecular weight is 753 g/mol. The topological polar surface area (TPSA) is 72.8 Å². The second-order valence-electron chi connectivity index (χ2n) is 15.2. The molecular formula is C52H44N6. The van der Waals surface area contributed by atoms with E-state index in [4.69, 9.17) is 9.98 Å². The van der Waals surface area contributed by atoms with Gasteiger partial charge in [-0.05, 0) is 68.3 Å². The largest absolute Gasteiger partial charge is 0.350 e. The number of fused-ring (bicyclic) bond motifs is 1. The van der Waals surface area contributed by atoms with Gasteiger partial charge in [0.15, 0.2) is 0 Å². The van der Waals surface area contributed by atoms with Crippen LogP contribution in [0.5, 0.6) is 0 Å². The average Bonchev–Trinajstić information content (AvgIpc) is 3.32. The Morgan fingerprint density at radius 3 is 1.53 bits per heavy atom. The van der Waals surface area contributed by atoms with Crippen LogP contribution in [0.25, 0.3) is 33.0 Å². The van der Waals surface area contributed by atoms with Crippen molar-refractivity contribution in [3.8, 4) is 22.3 Å². The number of nitrogens with one attached hydrogen (secondary N) is 4. The number of aliphatic imine (C=N–C) groups is 2. The Hall–Kier alpha value is -6.86. The van der Waals surface area contributed by atoms with Gasteiger partial charge in [0.1, 0.15) is 36.3 Å². The minimum atomic E-state index is -0.197. The molecule has 1 aliphatic carbocycles. The van der Waals surface area contributed by atoms with Crippen LogP contribution >= 0.6 is 0 Å². The molecule has 58 heavy (non-hydrogen) atoms. The zero-order valence-corrected chi connectivity index (χ0v) is 32.0. The lowest BCUT2D eigenvalue weighted by Crippen LogP contribution is -2.50. The van der Waals surface area contributed by atoms with E-state index in [0.717, 1.165) is 34.8 Å². The molecule has 10 rings (SSSR count). The van der Waals surface area contributed by atoms with Crippen LogP contribution in [0.4, 0.5) is 0 Å². The lowest BCUT2D eigenvalue weighted by molar-refractivity contribution is 0.339. The Kier molecular flexibility index (Phi) is 9.77. The number of hydrogen-bond acceptors (Lipinski definition) is 6. The van der Waals surface area contributed by atoms with E-state index in [0.29, 0.717) is 5.92 Å². The third-order valence-corrected chi connectivity index (χ3v) is 11.4. The van der Waals surface area contributed by atoms with Gasteiger partial charge in [-0.3, -0.25) is 10.6 Å². The van der Waals surface area contributed by atoms with E-state index in [1.807, 2.05) is 12.1 Å². The lowest BCUT2D eigenvalue weighted by atomic mass is 9.95. The van der Waals surface area contributed by atoms with Gasteiger partial charge in [0.2, 0.25) is 0 Å². The van der Waals surface area contributed by atoms with Gasteiger partial charge < -0.3 is 10.6 Å². The molecule has 4 N–H and O–H groups in total. The van der Waals surface area contributed by atoms with E-state index < -0.39 is 0 Å². The highest BCUT2D eigenvalue weighted by Crippen LogP contribution is 2.32. The number of benzene rings is 7. The van der Waals surface area contributed by atoms with Crippen molar-refractivity contribution in [1.29, 1.82) is 0 Å². The molecule has 2 aliphatic heterocycles. The maximum Gasteiger partial charge on any atom is 0.131 e. The number of hydrogen-bond donors (Lipinski definition) is 4.